The molecule has 0 aliphatic carbocycles. The lowest BCUT2D eigenvalue weighted by atomic mass is 10.2. The molecule has 2 aromatic rings. The van der Waals surface area contributed by atoms with Crippen LogP contribution >= 0.6 is 11.6 Å². The second-order valence-corrected chi connectivity index (χ2v) is 5.53. The lowest BCUT2D eigenvalue weighted by molar-refractivity contribution is -0.154. The van der Waals surface area contributed by atoms with E-state index in [1.54, 1.807) is 0 Å². The summed E-state index contributed by atoms with van der Waals surface area (Å²) in [5.74, 6) is -1.08. The third kappa shape index (κ3) is 5.92. The quantitative estimate of drug-likeness (QED) is 0.815. The van der Waals surface area contributed by atoms with Gasteiger partial charge in [0, 0.05) is 24.9 Å². The summed E-state index contributed by atoms with van der Waals surface area (Å²) in [7, 11) is 0. The molecule has 2 N–H and O–H groups in total. The minimum atomic E-state index is -4.47. The molecule has 10 heteroatoms. The largest absolute Gasteiger partial charge is 0.468 e. The standard InChI is InChI=1S/C16H13ClF3N3O3/c1-9(24)22-13-4-3-11(6-12(13)17)23-15(25)10-2-5-14(21-7-10)26-8-16(18,19)20/h2-7H,8H2,1H3,(H,22,24)(H,23,25). The Kier molecular flexibility index (Phi) is 6.04. The summed E-state index contributed by atoms with van der Waals surface area (Å²) in [5, 5.41) is 5.31. The Bertz CT molecular complexity index is 811. The second kappa shape index (κ2) is 8.05. The van der Waals surface area contributed by atoms with E-state index in [9.17, 15) is 22.8 Å². The molecule has 0 fully saturated rings. The van der Waals surface area contributed by atoms with Crippen LogP contribution in [-0.4, -0.2) is 29.6 Å². The topological polar surface area (TPSA) is 80.3 Å². The van der Waals surface area contributed by atoms with Crippen molar-refractivity contribution in [1.29, 1.82) is 0 Å². The first kappa shape index (κ1) is 19.5. The number of halogens is 4. The molecule has 2 amide bonds. The first-order valence-electron chi connectivity index (χ1n) is 7.18. The number of carbonyl (C=O) groups is 2. The van der Waals surface area contributed by atoms with Gasteiger partial charge in [-0.3, -0.25) is 9.59 Å². The van der Waals surface area contributed by atoms with E-state index in [-0.39, 0.29) is 22.4 Å². The predicted octanol–water partition coefficient (Wildman–Crippen LogP) is 3.89. The number of nitrogens with zero attached hydrogens (tertiary/aromatic N) is 1. The van der Waals surface area contributed by atoms with Crippen molar-refractivity contribution in [3.05, 3.63) is 47.1 Å². The number of alkyl halides is 3. The zero-order valence-corrected chi connectivity index (χ0v) is 14.1. The van der Waals surface area contributed by atoms with Crippen LogP contribution in [0.15, 0.2) is 36.5 Å². The van der Waals surface area contributed by atoms with Gasteiger partial charge in [0.2, 0.25) is 11.8 Å². The molecule has 1 heterocycles. The van der Waals surface area contributed by atoms with Gasteiger partial charge in [0.1, 0.15) is 0 Å². The molecule has 6 nitrogen and oxygen atoms in total. The van der Waals surface area contributed by atoms with E-state index < -0.39 is 18.7 Å². The summed E-state index contributed by atoms with van der Waals surface area (Å²) >= 11 is 6.01. The Morgan fingerprint density at radius 3 is 2.46 bits per heavy atom. The van der Waals surface area contributed by atoms with Crippen molar-refractivity contribution >= 4 is 34.8 Å². The number of pyridine rings is 1. The summed E-state index contributed by atoms with van der Waals surface area (Å²) in [6.45, 7) is -0.133. The Labute approximate surface area is 151 Å². The number of hydrogen-bond acceptors (Lipinski definition) is 4. The van der Waals surface area contributed by atoms with E-state index >= 15 is 0 Å². The monoisotopic (exact) mass is 387 g/mol. The van der Waals surface area contributed by atoms with Crippen LogP contribution in [-0.2, 0) is 4.79 Å². The lowest BCUT2D eigenvalue weighted by Crippen LogP contribution is -2.19. The molecule has 2 rings (SSSR count). The summed E-state index contributed by atoms with van der Waals surface area (Å²) in [4.78, 5) is 26.8. The zero-order chi connectivity index (χ0) is 19.3. The predicted molar refractivity (Wildman–Crippen MR) is 89.5 cm³/mol. The van der Waals surface area contributed by atoms with Crippen LogP contribution in [0.4, 0.5) is 24.5 Å². The van der Waals surface area contributed by atoms with E-state index in [2.05, 4.69) is 20.4 Å². The summed E-state index contributed by atoms with van der Waals surface area (Å²) in [6, 6.07) is 6.93. The van der Waals surface area contributed by atoms with Crippen molar-refractivity contribution in [2.45, 2.75) is 13.1 Å². The minimum Gasteiger partial charge on any atom is -0.468 e. The van der Waals surface area contributed by atoms with Gasteiger partial charge in [0.15, 0.2) is 6.61 Å². The normalized spacial score (nSPS) is 11.0. The maximum absolute atomic E-state index is 12.1. The van der Waals surface area contributed by atoms with Gasteiger partial charge in [0.05, 0.1) is 16.3 Å². The molecule has 26 heavy (non-hydrogen) atoms. The van der Waals surface area contributed by atoms with Gasteiger partial charge in [-0.05, 0) is 24.3 Å². The fourth-order valence-corrected chi connectivity index (χ4v) is 2.07. The molecule has 0 spiro atoms. The van der Waals surface area contributed by atoms with Gasteiger partial charge in [-0.1, -0.05) is 11.6 Å². The van der Waals surface area contributed by atoms with Crippen molar-refractivity contribution in [2.75, 3.05) is 17.2 Å². The fraction of sp³-hybridized carbons (Fsp3) is 0.188. The number of anilines is 2. The molecule has 0 unspecified atom stereocenters. The van der Waals surface area contributed by atoms with Crippen LogP contribution in [0.25, 0.3) is 0 Å². The molecular formula is C16H13ClF3N3O3. The Morgan fingerprint density at radius 2 is 1.92 bits per heavy atom. The SMILES string of the molecule is CC(=O)Nc1ccc(NC(=O)c2ccc(OCC(F)(F)F)nc2)cc1Cl. The summed E-state index contributed by atoms with van der Waals surface area (Å²) in [6.07, 6.45) is -3.38. The maximum atomic E-state index is 12.1. The molecule has 0 saturated carbocycles. The minimum absolute atomic E-state index is 0.117. The summed E-state index contributed by atoms with van der Waals surface area (Å²) in [5.41, 5.74) is 0.878. The smallest absolute Gasteiger partial charge is 0.422 e. The van der Waals surface area contributed by atoms with Crippen molar-refractivity contribution < 1.29 is 27.5 Å². The molecule has 0 bridgehead atoms. The van der Waals surface area contributed by atoms with E-state index in [1.807, 2.05) is 0 Å². The Morgan fingerprint density at radius 1 is 1.19 bits per heavy atom. The van der Waals surface area contributed by atoms with E-state index in [4.69, 9.17) is 11.6 Å². The number of aromatic nitrogens is 1. The van der Waals surface area contributed by atoms with Gasteiger partial charge in [-0.25, -0.2) is 4.98 Å². The Balaban J connectivity index is 2.01. The van der Waals surface area contributed by atoms with Crippen LogP contribution in [0.2, 0.25) is 5.02 Å². The number of nitrogens with one attached hydrogen (secondary N) is 2. The third-order valence-corrected chi connectivity index (χ3v) is 3.23. The van der Waals surface area contributed by atoms with Gasteiger partial charge in [-0.15, -0.1) is 0 Å². The van der Waals surface area contributed by atoms with Crippen LogP contribution in [0.3, 0.4) is 0 Å². The molecule has 0 saturated heterocycles. The number of carbonyl (C=O) groups excluding carboxylic acids is 2. The molecule has 1 aromatic carbocycles. The molecule has 0 atom stereocenters. The van der Waals surface area contributed by atoms with Crippen LogP contribution in [0.5, 0.6) is 5.88 Å². The zero-order valence-electron chi connectivity index (χ0n) is 13.4. The number of ether oxygens (including phenoxy) is 1. The van der Waals surface area contributed by atoms with Crippen molar-refractivity contribution in [3.63, 3.8) is 0 Å². The van der Waals surface area contributed by atoms with E-state index in [0.29, 0.717) is 11.4 Å². The first-order valence-corrected chi connectivity index (χ1v) is 7.56. The van der Waals surface area contributed by atoms with Crippen molar-refractivity contribution in [2.24, 2.45) is 0 Å². The lowest BCUT2D eigenvalue weighted by Gasteiger charge is -2.10. The molecule has 0 aliphatic rings. The van der Waals surface area contributed by atoms with Gasteiger partial charge in [0.25, 0.3) is 5.91 Å². The van der Waals surface area contributed by atoms with Gasteiger partial charge < -0.3 is 15.4 Å². The highest BCUT2D eigenvalue weighted by Crippen LogP contribution is 2.26. The highest BCUT2D eigenvalue weighted by Gasteiger charge is 2.28. The van der Waals surface area contributed by atoms with Crippen LogP contribution < -0.4 is 15.4 Å². The summed E-state index contributed by atoms with van der Waals surface area (Å²) < 4.78 is 40.7. The average molecular weight is 388 g/mol. The van der Waals surface area contributed by atoms with E-state index in [1.165, 1.54) is 31.2 Å². The van der Waals surface area contributed by atoms with Crippen molar-refractivity contribution in [1.82, 2.24) is 4.98 Å². The second-order valence-electron chi connectivity index (χ2n) is 5.12. The maximum Gasteiger partial charge on any atom is 0.422 e. The molecule has 138 valence electrons. The molecule has 0 aliphatic heterocycles. The Hall–Kier alpha value is -2.81. The first-order chi connectivity index (χ1) is 12.1. The van der Waals surface area contributed by atoms with E-state index in [0.717, 1.165) is 12.3 Å². The molecule has 0 radical (unpaired) electrons. The fourth-order valence-electron chi connectivity index (χ4n) is 1.84. The van der Waals surface area contributed by atoms with Crippen LogP contribution in [0.1, 0.15) is 17.3 Å². The van der Waals surface area contributed by atoms with Gasteiger partial charge >= 0.3 is 6.18 Å². The highest BCUT2D eigenvalue weighted by molar-refractivity contribution is 6.34. The highest BCUT2D eigenvalue weighted by atomic mass is 35.5. The number of amides is 2. The van der Waals surface area contributed by atoms with Crippen molar-refractivity contribution in [3.8, 4) is 5.88 Å². The third-order valence-electron chi connectivity index (χ3n) is 2.92. The number of hydrogen-bond donors (Lipinski definition) is 2. The number of benzene rings is 1. The van der Waals surface area contributed by atoms with Gasteiger partial charge in [-0.2, -0.15) is 13.2 Å². The number of rotatable bonds is 5. The molecular weight excluding hydrogens is 375 g/mol. The van der Waals surface area contributed by atoms with Crippen LogP contribution in [0, 0.1) is 0 Å². The average Bonchev–Trinajstić information content (AvgIpc) is 2.55. The molecule has 1 aromatic heterocycles.